The van der Waals surface area contributed by atoms with E-state index in [1.165, 1.54) is 16.8 Å². The Kier molecular flexibility index (Phi) is 4.49. The number of carbonyl (C=O) groups excluding carboxylic acids is 1. The van der Waals surface area contributed by atoms with Crippen molar-refractivity contribution in [2.24, 2.45) is 0 Å². The molecule has 6 nitrogen and oxygen atoms in total. The minimum atomic E-state index is -0.322. The van der Waals surface area contributed by atoms with Gasteiger partial charge < -0.3 is 5.32 Å². The van der Waals surface area contributed by atoms with Gasteiger partial charge in [0.1, 0.15) is 5.82 Å². The van der Waals surface area contributed by atoms with Crippen LogP contribution < -0.4 is 5.32 Å². The Balaban J connectivity index is 1.52. The van der Waals surface area contributed by atoms with E-state index >= 15 is 0 Å². The van der Waals surface area contributed by atoms with Gasteiger partial charge in [0.15, 0.2) is 5.69 Å². The summed E-state index contributed by atoms with van der Waals surface area (Å²) in [5, 5.41) is 11.4. The molecule has 1 amide bonds. The van der Waals surface area contributed by atoms with Gasteiger partial charge in [-0.3, -0.25) is 9.48 Å². The zero-order valence-electron chi connectivity index (χ0n) is 14.3. The summed E-state index contributed by atoms with van der Waals surface area (Å²) in [6, 6.07) is 16.9. The lowest BCUT2D eigenvalue weighted by atomic mass is 10.1. The number of hydrogen-bond donors (Lipinski definition) is 1. The molecular weight excluding hydrogens is 345 g/mol. The number of hydrogen-bond acceptors (Lipinski definition) is 3. The highest BCUT2D eigenvalue weighted by Crippen LogP contribution is 2.17. The second-order valence-corrected chi connectivity index (χ2v) is 5.94. The largest absolute Gasteiger partial charge is 0.320 e. The smallest absolute Gasteiger partial charge is 0.276 e. The summed E-state index contributed by atoms with van der Waals surface area (Å²) >= 11 is 0. The van der Waals surface area contributed by atoms with Crippen LogP contribution in [0.4, 0.5) is 10.1 Å². The zero-order valence-corrected chi connectivity index (χ0v) is 14.3. The topological polar surface area (TPSA) is 64.7 Å². The quantitative estimate of drug-likeness (QED) is 0.592. The third kappa shape index (κ3) is 3.77. The Bertz CT molecular complexity index is 1050. The number of benzene rings is 2. The molecule has 134 valence electrons. The van der Waals surface area contributed by atoms with Gasteiger partial charge in [0.05, 0.1) is 12.2 Å². The molecular formula is C20H16FN5O. The first-order valence-corrected chi connectivity index (χ1v) is 8.37. The van der Waals surface area contributed by atoms with Crippen LogP contribution in [-0.2, 0) is 6.54 Å². The Labute approximate surface area is 154 Å². The van der Waals surface area contributed by atoms with Gasteiger partial charge in [-0.1, -0.05) is 18.2 Å². The van der Waals surface area contributed by atoms with Crippen LogP contribution in [0.15, 0.2) is 79.3 Å². The summed E-state index contributed by atoms with van der Waals surface area (Å²) in [6.45, 7) is 0.549. The Hall–Kier alpha value is -3.74. The van der Waals surface area contributed by atoms with Gasteiger partial charge in [0.25, 0.3) is 5.91 Å². The van der Waals surface area contributed by atoms with Gasteiger partial charge in [-0.25, -0.2) is 9.07 Å². The van der Waals surface area contributed by atoms with Crippen LogP contribution in [0.25, 0.3) is 5.69 Å². The van der Waals surface area contributed by atoms with E-state index in [9.17, 15) is 9.18 Å². The van der Waals surface area contributed by atoms with Crippen molar-refractivity contribution in [3.63, 3.8) is 0 Å². The van der Waals surface area contributed by atoms with E-state index < -0.39 is 0 Å². The Morgan fingerprint density at radius 2 is 1.81 bits per heavy atom. The van der Waals surface area contributed by atoms with E-state index in [1.54, 1.807) is 35.3 Å². The van der Waals surface area contributed by atoms with Crippen molar-refractivity contribution >= 4 is 11.6 Å². The van der Waals surface area contributed by atoms with Crippen LogP contribution in [-0.4, -0.2) is 25.5 Å². The molecule has 2 heterocycles. The number of amides is 1. The van der Waals surface area contributed by atoms with Crippen LogP contribution in [0.3, 0.4) is 0 Å². The molecule has 0 bridgehead atoms. The molecule has 7 heteroatoms. The third-order valence-corrected chi connectivity index (χ3v) is 4.07. The molecule has 4 rings (SSSR count). The lowest BCUT2D eigenvalue weighted by Gasteiger charge is -2.10. The Morgan fingerprint density at radius 3 is 2.59 bits per heavy atom. The first-order valence-electron chi connectivity index (χ1n) is 8.37. The number of rotatable bonds is 5. The summed E-state index contributed by atoms with van der Waals surface area (Å²) in [5.41, 5.74) is 2.59. The van der Waals surface area contributed by atoms with Gasteiger partial charge in [-0.15, -0.1) is 0 Å². The van der Waals surface area contributed by atoms with E-state index in [2.05, 4.69) is 15.5 Å². The van der Waals surface area contributed by atoms with Crippen LogP contribution in [0, 0.1) is 5.82 Å². The molecule has 27 heavy (non-hydrogen) atoms. The molecule has 0 saturated carbocycles. The van der Waals surface area contributed by atoms with Crippen molar-refractivity contribution in [1.82, 2.24) is 19.6 Å². The number of nitrogens with zero attached hydrogens (tertiary/aromatic N) is 4. The maximum Gasteiger partial charge on any atom is 0.276 e. The molecule has 0 spiro atoms. The fourth-order valence-electron chi connectivity index (χ4n) is 2.72. The second kappa shape index (κ2) is 7.25. The fourth-order valence-corrected chi connectivity index (χ4v) is 2.72. The van der Waals surface area contributed by atoms with E-state index in [1.807, 2.05) is 36.5 Å². The van der Waals surface area contributed by atoms with Crippen molar-refractivity contribution in [3.05, 3.63) is 96.3 Å². The lowest BCUT2D eigenvalue weighted by Crippen LogP contribution is -2.15. The molecule has 0 aliphatic carbocycles. The van der Waals surface area contributed by atoms with Gasteiger partial charge >= 0.3 is 0 Å². The van der Waals surface area contributed by atoms with Crippen LogP contribution in [0.2, 0.25) is 0 Å². The summed E-state index contributed by atoms with van der Waals surface area (Å²) in [4.78, 5) is 12.6. The number of halogens is 1. The maximum absolute atomic E-state index is 13.1. The first kappa shape index (κ1) is 16.7. The summed E-state index contributed by atoms with van der Waals surface area (Å²) in [7, 11) is 0. The van der Waals surface area contributed by atoms with Gasteiger partial charge in [-0.05, 0) is 48.0 Å². The molecule has 0 unspecified atom stereocenters. The highest BCUT2D eigenvalue weighted by Gasteiger charge is 2.13. The van der Waals surface area contributed by atoms with Crippen molar-refractivity contribution < 1.29 is 9.18 Å². The molecule has 0 atom stereocenters. The molecule has 4 aromatic rings. The SMILES string of the molecule is O=C(Nc1ccccc1Cn1cccn1)c1ccn(-c2ccc(F)cc2)n1. The predicted molar refractivity (Wildman–Crippen MR) is 99.2 cm³/mol. The fraction of sp³-hybridized carbons (Fsp3) is 0.0500. The highest BCUT2D eigenvalue weighted by molar-refractivity contribution is 6.03. The monoisotopic (exact) mass is 361 g/mol. The lowest BCUT2D eigenvalue weighted by molar-refractivity contribution is 0.102. The second-order valence-electron chi connectivity index (χ2n) is 5.94. The number of anilines is 1. The van der Waals surface area contributed by atoms with Crippen molar-refractivity contribution in [3.8, 4) is 5.69 Å². The molecule has 2 aromatic heterocycles. The highest BCUT2D eigenvalue weighted by atomic mass is 19.1. The van der Waals surface area contributed by atoms with E-state index in [0.717, 1.165) is 5.56 Å². The molecule has 2 aromatic carbocycles. The zero-order chi connectivity index (χ0) is 18.6. The molecule has 0 radical (unpaired) electrons. The van der Waals surface area contributed by atoms with E-state index in [-0.39, 0.29) is 17.4 Å². The minimum Gasteiger partial charge on any atom is -0.320 e. The molecule has 0 saturated heterocycles. The number of para-hydroxylation sites is 1. The van der Waals surface area contributed by atoms with Crippen molar-refractivity contribution in [1.29, 1.82) is 0 Å². The van der Waals surface area contributed by atoms with Gasteiger partial charge in [-0.2, -0.15) is 10.2 Å². The van der Waals surface area contributed by atoms with E-state index in [4.69, 9.17) is 0 Å². The average molecular weight is 361 g/mol. The maximum atomic E-state index is 13.1. The van der Waals surface area contributed by atoms with Crippen molar-refractivity contribution in [2.45, 2.75) is 6.54 Å². The summed E-state index contributed by atoms with van der Waals surface area (Å²) in [5.74, 6) is -0.638. The normalized spacial score (nSPS) is 10.7. The Morgan fingerprint density at radius 1 is 1.00 bits per heavy atom. The third-order valence-electron chi connectivity index (χ3n) is 4.07. The van der Waals surface area contributed by atoms with Crippen molar-refractivity contribution in [2.75, 3.05) is 5.32 Å². The van der Waals surface area contributed by atoms with Crippen LogP contribution in [0.5, 0.6) is 0 Å². The van der Waals surface area contributed by atoms with Crippen LogP contribution >= 0.6 is 0 Å². The summed E-state index contributed by atoms with van der Waals surface area (Å²) < 4.78 is 16.4. The molecule has 0 aliphatic rings. The van der Waals surface area contributed by atoms with Gasteiger partial charge in [0.2, 0.25) is 0 Å². The number of nitrogens with one attached hydrogen (secondary N) is 1. The standard InChI is InChI=1S/C20H16FN5O/c21-16-6-8-17(9-7-16)26-13-10-19(24-26)20(27)23-18-5-2-1-4-15(18)14-25-12-3-11-22-25/h1-13H,14H2,(H,23,27). The number of aromatic nitrogens is 4. The number of carbonyl (C=O) groups is 1. The average Bonchev–Trinajstić information content (AvgIpc) is 3.36. The summed E-state index contributed by atoms with van der Waals surface area (Å²) in [6.07, 6.45) is 5.24. The molecule has 1 N–H and O–H groups in total. The molecule has 0 aliphatic heterocycles. The minimum absolute atomic E-state index is 0.271. The van der Waals surface area contributed by atoms with Crippen LogP contribution in [0.1, 0.15) is 16.1 Å². The van der Waals surface area contributed by atoms with E-state index in [0.29, 0.717) is 17.9 Å². The van der Waals surface area contributed by atoms with Gasteiger partial charge in [0, 0.05) is 24.3 Å². The first-order chi connectivity index (χ1) is 13.2. The molecule has 0 fully saturated rings. The predicted octanol–water partition coefficient (Wildman–Crippen LogP) is 3.51.